The lowest BCUT2D eigenvalue weighted by atomic mass is 10.1. The van der Waals surface area contributed by atoms with Crippen LogP contribution in [0.5, 0.6) is 0 Å². The van der Waals surface area contributed by atoms with E-state index in [4.69, 9.17) is 20.7 Å². The molecule has 2 aromatic rings. The van der Waals surface area contributed by atoms with E-state index in [1.165, 1.54) is 10.8 Å². The number of H-pyrrole nitrogens is 1. The zero-order valence-corrected chi connectivity index (χ0v) is 23.0. The molecule has 0 aliphatic carbocycles. The fraction of sp³-hybridized carbons (Fsp3) is 0.538. The number of aromatic amines is 1. The molecular formula is C26H37N9O6. The fourth-order valence-corrected chi connectivity index (χ4v) is 4.32. The molecule has 1 fully saturated rings. The summed E-state index contributed by atoms with van der Waals surface area (Å²) in [4.78, 5) is 54.7. The van der Waals surface area contributed by atoms with Gasteiger partial charge in [0.15, 0.2) is 0 Å². The van der Waals surface area contributed by atoms with Crippen molar-refractivity contribution in [3.05, 3.63) is 78.9 Å². The largest absolute Gasteiger partial charge is 0.447 e. The Morgan fingerprint density at radius 1 is 1.24 bits per heavy atom. The number of aryl methyl sites for hydroxylation is 1. The molecule has 0 saturated carbocycles. The molecule has 0 unspecified atom stereocenters. The highest BCUT2D eigenvalue weighted by Crippen LogP contribution is 2.30. The van der Waals surface area contributed by atoms with Crippen molar-refractivity contribution in [1.82, 2.24) is 25.5 Å². The summed E-state index contributed by atoms with van der Waals surface area (Å²) in [5, 5.41) is 12.4. The molecule has 1 aromatic heterocycles. The molecule has 6 N–H and O–H groups in total. The number of alkyl carbamates (subject to hydrolysis) is 1. The third-order valence-corrected chi connectivity index (χ3v) is 6.52. The van der Waals surface area contributed by atoms with Gasteiger partial charge in [-0.3, -0.25) is 19.1 Å². The van der Waals surface area contributed by atoms with E-state index in [9.17, 15) is 19.2 Å². The number of nitrogens with one attached hydrogen (secondary N) is 4. The van der Waals surface area contributed by atoms with Gasteiger partial charge in [-0.2, -0.15) is 0 Å². The van der Waals surface area contributed by atoms with Crippen LogP contribution in [-0.4, -0.2) is 72.5 Å². The first-order valence-corrected chi connectivity index (χ1v) is 13.5. The fourth-order valence-electron chi connectivity index (χ4n) is 4.32. The Morgan fingerprint density at radius 2 is 2.00 bits per heavy atom. The molecule has 0 radical (unpaired) electrons. The van der Waals surface area contributed by atoms with Gasteiger partial charge in [0.25, 0.3) is 5.56 Å². The van der Waals surface area contributed by atoms with Crippen molar-refractivity contribution in [1.29, 1.82) is 0 Å². The average Bonchev–Trinajstić information content (AvgIpc) is 3.36. The predicted molar refractivity (Wildman–Crippen MR) is 150 cm³/mol. The van der Waals surface area contributed by atoms with Crippen LogP contribution in [0.4, 0.5) is 4.79 Å². The molecule has 0 spiro atoms. The smallest absolute Gasteiger partial charge is 0.407 e. The van der Waals surface area contributed by atoms with E-state index in [1.54, 1.807) is 6.92 Å². The van der Waals surface area contributed by atoms with Gasteiger partial charge in [0.05, 0.1) is 6.04 Å². The lowest BCUT2D eigenvalue weighted by Crippen LogP contribution is -2.49. The zero-order chi connectivity index (χ0) is 29.6. The third-order valence-electron chi connectivity index (χ3n) is 6.52. The maximum atomic E-state index is 12.9. The number of rotatable bonds is 15. The second-order valence-corrected chi connectivity index (χ2v) is 9.64. The first kappa shape index (κ1) is 31.4. The number of carbonyl (C=O) groups excluding carboxylic acids is 2. The van der Waals surface area contributed by atoms with Gasteiger partial charge in [-0.05, 0) is 50.5 Å². The van der Waals surface area contributed by atoms with Gasteiger partial charge < -0.3 is 31.2 Å². The summed E-state index contributed by atoms with van der Waals surface area (Å²) < 4.78 is 12.4. The number of benzene rings is 1. The summed E-state index contributed by atoms with van der Waals surface area (Å²) in [5.74, 6) is -0.357. The molecule has 1 saturated heterocycles. The molecule has 222 valence electrons. The van der Waals surface area contributed by atoms with Crippen molar-refractivity contribution < 1.29 is 19.1 Å². The molecule has 3 rings (SSSR count). The molecule has 1 aliphatic rings. The number of nitrogens with two attached hydrogens (primary N) is 1. The number of amides is 2. The minimum atomic E-state index is -0.900. The van der Waals surface area contributed by atoms with E-state index < -0.39 is 41.8 Å². The Kier molecular flexibility index (Phi) is 12.4. The molecule has 2 heterocycles. The van der Waals surface area contributed by atoms with E-state index in [2.05, 4.69) is 31.0 Å². The Balaban J connectivity index is 1.59. The highest BCUT2D eigenvalue weighted by Gasteiger charge is 2.37. The SMILES string of the molecule is Cc1cn([C@H]2C[C@H](N=[N+]=[N-])[C@@H](COC(=O)N[C@@H](Cc3ccccc3)C(=O)NCCCNCCCN)O2)c(=O)[nH]c1=O. The number of ether oxygens (including phenoxy) is 2. The summed E-state index contributed by atoms with van der Waals surface area (Å²) in [5.41, 5.74) is 14.4. The highest BCUT2D eigenvalue weighted by molar-refractivity contribution is 5.85. The zero-order valence-electron chi connectivity index (χ0n) is 23.0. The number of hydrogen-bond donors (Lipinski definition) is 5. The maximum Gasteiger partial charge on any atom is 0.407 e. The minimum absolute atomic E-state index is 0.130. The van der Waals surface area contributed by atoms with E-state index in [1.807, 2.05) is 30.3 Å². The normalized spacial score (nSPS) is 18.7. The number of hydrogen-bond acceptors (Lipinski definition) is 9. The summed E-state index contributed by atoms with van der Waals surface area (Å²) in [7, 11) is 0. The van der Waals surface area contributed by atoms with Crippen molar-refractivity contribution in [3.63, 3.8) is 0 Å². The van der Waals surface area contributed by atoms with Crippen LogP contribution in [0.15, 0.2) is 51.2 Å². The van der Waals surface area contributed by atoms with Crippen LogP contribution < -0.4 is 32.9 Å². The molecular weight excluding hydrogens is 534 g/mol. The van der Waals surface area contributed by atoms with Crippen LogP contribution in [0, 0.1) is 6.92 Å². The summed E-state index contributed by atoms with van der Waals surface area (Å²) in [6.45, 7) is 3.81. The molecule has 15 heteroatoms. The van der Waals surface area contributed by atoms with Crippen LogP contribution in [0.2, 0.25) is 0 Å². The van der Waals surface area contributed by atoms with Crippen LogP contribution in [0.3, 0.4) is 0 Å². The van der Waals surface area contributed by atoms with Gasteiger partial charge in [-0.25, -0.2) is 9.59 Å². The number of aromatic nitrogens is 2. The van der Waals surface area contributed by atoms with E-state index >= 15 is 0 Å². The van der Waals surface area contributed by atoms with Crippen LogP contribution in [0.1, 0.15) is 36.6 Å². The van der Waals surface area contributed by atoms with Crippen molar-refractivity contribution in [3.8, 4) is 0 Å². The van der Waals surface area contributed by atoms with Crippen molar-refractivity contribution in [2.24, 2.45) is 10.8 Å². The van der Waals surface area contributed by atoms with Crippen molar-refractivity contribution >= 4 is 12.0 Å². The molecule has 4 atom stereocenters. The van der Waals surface area contributed by atoms with Crippen LogP contribution in [-0.2, 0) is 20.7 Å². The lowest BCUT2D eigenvalue weighted by Gasteiger charge is -2.20. The molecule has 15 nitrogen and oxygen atoms in total. The Bertz CT molecular complexity index is 1310. The number of nitrogens with zero attached hydrogens (tertiary/aromatic N) is 4. The van der Waals surface area contributed by atoms with Crippen LogP contribution in [0.25, 0.3) is 10.4 Å². The molecule has 1 aromatic carbocycles. The molecule has 2 amide bonds. The molecule has 0 bridgehead atoms. The van der Waals surface area contributed by atoms with E-state index in [-0.39, 0.29) is 25.4 Å². The average molecular weight is 572 g/mol. The topological polar surface area (TPSA) is 218 Å². The molecule has 1 aliphatic heterocycles. The van der Waals surface area contributed by atoms with Gasteiger partial charge in [0.1, 0.15) is 25.0 Å². The number of azide groups is 1. The quantitative estimate of drug-likeness (QED) is 0.0879. The second-order valence-electron chi connectivity index (χ2n) is 9.64. The summed E-state index contributed by atoms with van der Waals surface area (Å²) in [6.07, 6.45) is 0.766. The van der Waals surface area contributed by atoms with Gasteiger partial charge in [0.2, 0.25) is 5.91 Å². The summed E-state index contributed by atoms with van der Waals surface area (Å²) >= 11 is 0. The second kappa shape index (κ2) is 16.2. The Labute approximate surface area is 236 Å². The maximum absolute atomic E-state index is 12.9. The van der Waals surface area contributed by atoms with Gasteiger partial charge in [0, 0.05) is 36.1 Å². The summed E-state index contributed by atoms with van der Waals surface area (Å²) in [6, 6.07) is 7.61. The first-order chi connectivity index (χ1) is 19.8. The Hall–Kier alpha value is -4.17. The van der Waals surface area contributed by atoms with Gasteiger partial charge in [-0.1, -0.05) is 35.4 Å². The van der Waals surface area contributed by atoms with Crippen molar-refractivity contribution in [2.45, 2.75) is 57.0 Å². The Morgan fingerprint density at radius 3 is 2.73 bits per heavy atom. The first-order valence-electron chi connectivity index (χ1n) is 13.5. The third kappa shape index (κ3) is 9.76. The predicted octanol–water partition coefficient (Wildman–Crippen LogP) is 0.594. The minimum Gasteiger partial charge on any atom is -0.447 e. The van der Waals surface area contributed by atoms with Gasteiger partial charge >= 0.3 is 11.8 Å². The number of carbonyl (C=O) groups is 2. The highest BCUT2D eigenvalue weighted by atomic mass is 16.6. The lowest BCUT2D eigenvalue weighted by molar-refractivity contribution is -0.123. The van der Waals surface area contributed by atoms with Crippen LogP contribution >= 0.6 is 0 Å². The standard InChI is InChI=1S/C26H37N9O6/c1-17-15-35(25(38)32-23(17)36)22-14-19(33-34-28)21(41-22)16-40-26(39)31-20(13-18-7-3-2-4-8-18)24(37)30-12-6-11-29-10-5-9-27/h2-4,7-8,15,19-22,29H,5-6,9-14,16,27H2,1H3,(H,30,37)(H,31,39)(H,32,36,38)/t19-,20-,21+,22+/m0/s1. The van der Waals surface area contributed by atoms with Gasteiger partial charge in [-0.15, -0.1) is 0 Å². The van der Waals surface area contributed by atoms with E-state index in [0.717, 1.165) is 25.1 Å². The van der Waals surface area contributed by atoms with Crippen molar-refractivity contribution in [2.75, 3.05) is 32.8 Å². The molecule has 41 heavy (non-hydrogen) atoms. The monoisotopic (exact) mass is 571 g/mol. The van der Waals surface area contributed by atoms with E-state index in [0.29, 0.717) is 25.1 Å².